The average molecular weight is 240 g/mol. The molecule has 0 amide bonds. The molecule has 1 aromatic carbocycles. The van der Waals surface area contributed by atoms with Gasteiger partial charge in [-0.1, -0.05) is 17.8 Å². The van der Waals surface area contributed by atoms with Crippen molar-refractivity contribution >= 4 is 11.8 Å². The first-order valence-electron chi connectivity index (χ1n) is 5.30. The molecule has 84 valence electrons. The molecular weight excluding hydrogens is 228 g/mol. The summed E-state index contributed by atoms with van der Waals surface area (Å²) in [6.07, 6.45) is 1.67. The van der Waals surface area contributed by atoms with Crippen molar-refractivity contribution in [1.82, 2.24) is 4.98 Å². The van der Waals surface area contributed by atoms with Crippen LogP contribution in [0.25, 0.3) is 0 Å². The molecular formula is C14H12N2S. The van der Waals surface area contributed by atoms with Crippen LogP contribution in [0.2, 0.25) is 0 Å². The van der Waals surface area contributed by atoms with Gasteiger partial charge in [0.2, 0.25) is 0 Å². The maximum Gasteiger partial charge on any atom is 0.102 e. The van der Waals surface area contributed by atoms with E-state index in [0.29, 0.717) is 5.56 Å². The van der Waals surface area contributed by atoms with E-state index in [1.54, 1.807) is 30.1 Å². The topological polar surface area (TPSA) is 36.7 Å². The van der Waals surface area contributed by atoms with E-state index < -0.39 is 0 Å². The summed E-state index contributed by atoms with van der Waals surface area (Å²) in [6, 6.07) is 12.0. The first-order chi connectivity index (χ1) is 8.19. The molecule has 0 saturated carbocycles. The van der Waals surface area contributed by atoms with E-state index in [1.807, 2.05) is 0 Å². The summed E-state index contributed by atoms with van der Waals surface area (Å²) in [4.78, 5) is 5.40. The van der Waals surface area contributed by atoms with Crippen molar-refractivity contribution in [3.63, 3.8) is 0 Å². The fourth-order valence-corrected chi connectivity index (χ4v) is 2.35. The first kappa shape index (κ1) is 11.7. The van der Waals surface area contributed by atoms with Crippen LogP contribution >= 0.6 is 11.8 Å². The van der Waals surface area contributed by atoms with Gasteiger partial charge in [0.05, 0.1) is 11.6 Å². The Morgan fingerprint density at radius 1 is 1.12 bits per heavy atom. The molecule has 0 aliphatic heterocycles. The minimum atomic E-state index is 0.645. The van der Waals surface area contributed by atoms with Crippen LogP contribution in [-0.2, 0) is 0 Å². The monoisotopic (exact) mass is 240 g/mol. The van der Waals surface area contributed by atoms with Gasteiger partial charge in [-0.25, -0.2) is 4.98 Å². The second kappa shape index (κ2) is 5.03. The number of pyridine rings is 1. The zero-order chi connectivity index (χ0) is 12.3. The molecule has 17 heavy (non-hydrogen) atoms. The van der Waals surface area contributed by atoms with Gasteiger partial charge in [0.1, 0.15) is 5.03 Å². The maximum atomic E-state index is 8.82. The number of benzene rings is 1. The summed E-state index contributed by atoms with van der Waals surface area (Å²) < 4.78 is 0. The second-order valence-electron chi connectivity index (χ2n) is 3.84. The van der Waals surface area contributed by atoms with Crippen molar-refractivity contribution in [3.8, 4) is 6.07 Å². The number of rotatable bonds is 2. The van der Waals surface area contributed by atoms with E-state index in [4.69, 9.17) is 5.26 Å². The number of aryl methyl sites for hydroxylation is 2. The highest BCUT2D eigenvalue weighted by Crippen LogP contribution is 2.27. The molecule has 2 aromatic rings. The van der Waals surface area contributed by atoms with Crippen LogP contribution < -0.4 is 0 Å². The number of nitriles is 1. The molecule has 2 nitrogen and oxygen atoms in total. The van der Waals surface area contributed by atoms with Gasteiger partial charge in [-0.2, -0.15) is 5.26 Å². The molecule has 0 fully saturated rings. The molecule has 0 atom stereocenters. The third-order valence-corrected chi connectivity index (χ3v) is 3.49. The van der Waals surface area contributed by atoms with Crippen LogP contribution in [0.5, 0.6) is 0 Å². The Bertz CT molecular complexity index is 585. The van der Waals surface area contributed by atoms with Crippen LogP contribution in [0.3, 0.4) is 0 Å². The third kappa shape index (κ3) is 2.86. The Morgan fingerprint density at radius 2 is 1.94 bits per heavy atom. The van der Waals surface area contributed by atoms with Crippen LogP contribution in [-0.4, -0.2) is 4.98 Å². The normalized spacial score (nSPS) is 9.94. The largest absolute Gasteiger partial charge is 0.250 e. The number of nitrogens with zero attached hydrogens (tertiary/aromatic N) is 2. The SMILES string of the molecule is Cc1ccc(Sc2cc(C#N)ccn2)cc1C. The Balaban J connectivity index is 2.25. The quantitative estimate of drug-likeness (QED) is 0.802. The molecule has 0 N–H and O–H groups in total. The van der Waals surface area contributed by atoms with Gasteiger partial charge >= 0.3 is 0 Å². The lowest BCUT2D eigenvalue weighted by molar-refractivity contribution is 1.12. The van der Waals surface area contributed by atoms with Crippen LogP contribution in [0.4, 0.5) is 0 Å². The van der Waals surface area contributed by atoms with Crippen LogP contribution in [0.15, 0.2) is 46.5 Å². The van der Waals surface area contributed by atoms with Gasteiger partial charge in [0.25, 0.3) is 0 Å². The van der Waals surface area contributed by atoms with Gasteiger partial charge < -0.3 is 0 Å². The fourth-order valence-electron chi connectivity index (χ4n) is 1.43. The summed E-state index contributed by atoms with van der Waals surface area (Å²) in [5, 5.41) is 9.68. The summed E-state index contributed by atoms with van der Waals surface area (Å²) in [5.74, 6) is 0. The Kier molecular flexibility index (Phi) is 3.46. The average Bonchev–Trinajstić information content (AvgIpc) is 2.34. The Morgan fingerprint density at radius 3 is 2.65 bits per heavy atom. The molecule has 0 unspecified atom stereocenters. The molecule has 0 spiro atoms. The minimum absolute atomic E-state index is 0.645. The fraction of sp³-hybridized carbons (Fsp3) is 0.143. The van der Waals surface area contributed by atoms with E-state index in [0.717, 1.165) is 9.92 Å². The van der Waals surface area contributed by atoms with Gasteiger partial charge in [0.15, 0.2) is 0 Å². The molecule has 1 aromatic heterocycles. The highest BCUT2D eigenvalue weighted by molar-refractivity contribution is 7.99. The lowest BCUT2D eigenvalue weighted by Crippen LogP contribution is -1.84. The summed E-state index contributed by atoms with van der Waals surface area (Å²) in [5.41, 5.74) is 3.20. The van der Waals surface area contributed by atoms with Crippen LogP contribution in [0.1, 0.15) is 16.7 Å². The van der Waals surface area contributed by atoms with Crippen LogP contribution in [0, 0.1) is 25.2 Å². The summed E-state index contributed by atoms with van der Waals surface area (Å²) in [7, 11) is 0. The van der Waals surface area contributed by atoms with Gasteiger partial charge in [-0.3, -0.25) is 0 Å². The van der Waals surface area contributed by atoms with Gasteiger partial charge in [0, 0.05) is 11.1 Å². The summed E-state index contributed by atoms with van der Waals surface area (Å²) >= 11 is 1.58. The molecule has 0 saturated heterocycles. The summed E-state index contributed by atoms with van der Waals surface area (Å²) in [6.45, 7) is 4.19. The zero-order valence-corrected chi connectivity index (χ0v) is 10.6. The molecule has 3 heteroatoms. The molecule has 2 rings (SSSR count). The molecule has 0 radical (unpaired) electrons. The molecule has 0 bridgehead atoms. The molecule has 0 aliphatic rings. The maximum absolute atomic E-state index is 8.82. The number of hydrogen-bond donors (Lipinski definition) is 0. The lowest BCUT2D eigenvalue weighted by atomic mass is 10.1. The predicted octanol–water partition coefficient (Wildman–Crippen LogP) is 3.72. The first-order valence-corrected chi connectivity index (χ1v) is 6.12. The molecule has 1 heterocycles. The van der Waals surface area contributed by atoms with E-state index in [9.17, 15) is 0 Å². The Hall–Kier alpha value is -1.79. The predicted molar refractivity (Wildman–Crippen MR) is 69.0 cm³/mol. The standard InChI is InChI=1S/C14H12N2S/c1-10-3-4-13(7-11(10)2)17-14-8-12(9-15)5-6-16-14/h3-8H,1-2H3. The van der Waals surface area contributed by atoms with Crippen molar-refractivity contribution in [3.05, 3.63) is 53.2 Å². The van der Waals surface area contributed by atoms with Crippen molar-refractivity contribution in [1.29, 1.82) is 5.26 Å². The van der Waals surface area contributed by atoms with Crippen molar-refractivity contribution in [2.75, 3.05) is 0 Å². The molecule has 0 aliphatic carbocycles. The second-order valence-corrected chi connectivity index (χ2v) is 4.94. The van der Waals surface area contributed by atoms with E-state index in [1.165, 1.54) is 11.1 Å². The highest BCUT2D eigenvalue weighted by Gasteiger charge is 2.01. The minimum Gasteiger partial charge on any atom is -0.250 e. The number of aromatic nitrogens is 1. The smallest absolute Gasteiger partial charge is 0.102 e. The van der Waals surface area contributed by atoms with Crippen molar-refractivity contribution in [2.24, 2.45) is 0 Å². The van der Waals surface area contributed by atoms with Gasteiger partial charge in [-0.15, -0.1) is 0 Å². The lowest BCUT2D eigenvalue weighted by Gasteiger charge is -2.04. The van der Waals surface area contributed by atoms with Gasteiger partial charge in [-0.05, 0) is 49.2 Å². The third-order valence-electron chi connectivity index (χ3n) is 2.56. The van der Waals surface area contributed by atoms with E-state index in [-0.39, 0.29) is 0 Å². The van der Waals surface area contributed by atoms with Crippen molar-refractivity contribution < 1.29 is 0 Å². The number of hydrogen-bond acceptors (Lipinski definition) is 3. The highest BCUT2D eigenvalue weighted by atomic mass is 32.2. The van der Waals surface area contributed by atoms with E-state index in [2.05, 4.69) is 43.1 Å². The Labute approximate surface area is 105 Å². The van der Waals surface area contributed by atoms with Crippen molar-refractivity contribution in [2.45, 2.75) is 23.8 Å². The zero-order valence-electron chi connectivity index (χ0n) is 9.77. The van der Waals surface area contributed by atoms with E-state index >= 15 is 0 Å².